The number of benzene rings is 1. The van der Waals surface area contributed by atoms with E-state index in [1.54, 1.807) is 0 Å². The van der Waals surface area contributed by atoms with Crippen LogP contribution in [0.3, 0.4) is 0 Å². The Bertz CT molecular complexity index is 670. The van der Waals surface area contributed by atoms with Gasteiger partial charge in [0, 0.05) is 18.0 Å². The third kappa shape index (κ3) is 3.18. The predicted octanol–water partition coefficient (Wildman–Crippen LogP) is 2.95. The standard InChI is InChI=1S/C14H14FN3O2S/c1-20-13(19)9-4-5-11(15)10(6-9)7-16-14-18-17-12(21-14)8-2-3-8/h4-6,8H,2-3,7H2,1H3,(H,16,18). The van der Waals surface area contributed by atoms with Crippen molar-refractivity contribution in [3.63, 3.8) is 0 Å². The first kappa shape index (κ1) is 13.9. The van der Waals surface area contributed by atoms with Gasteiger partial charge >= 0.3 is 5.97 Å². The molecule has 21 heavy (non-hydrogen) atoms. The van der Waals surface area contributed by atoms with Crippen LogP contribution < -0.4 is 5.32 Å². The summed E-state index contributed by atoms with van der Waals surface area (Å²) in [4.78, 5) is 11.5. The average Bonchev–Trinajstić information content (AvgIpc) is 3.25. The van der Waals surface area contributed by atoms with E-state index in [1.165, 1.54) is 49.5 Å². The van der Waals surface area contributed by atoms with Crippen molar-refractivity contribution >= 4 is 22.4 Å². The van der Waals surface area contributed by atoms with Crippen molar-refractivity contribution in [1.82, 2.24) is 10.2 Å². The molecular weight excluding hydrogens is 293 g/mol. The fourth-order valence-electron chi connectivity index (χ4n) is 1.93. The highest BCUT2D eigenvalue weighted by molar-refractivity contribution is 7.15. The molecule has 0 radical (unpaired) electrons. The van der Waals surface area contributed by atoms with Crippen LogP contribution in [0.1, 0.15) is 39.7 Å². The number of methoxy groups -OCH3 is 1. The normalized spacial score (nSPS) is 14.0. The molecule has 1 fully saturated rings. The number of esters is 1. The zero-order chi connectivity index (χ0) is 14.8. The second-order valence-electron chi connectivity index (χ2n) is 4.87. The lowest BCUT2D eigenvalue weighted by atomic mass is 10.1. The molecule has 0 amide bonds. The number of halogens is 1. The molecule has 7 heteroatoms. The maximum absolute atomic E-state index is 13.8. The van der Waals surface area contributed by atoms with E-state index in [0.29, 0.717) is 22.2 Å². The Morgan fingerprint density at radius 1 is 1.48 bits per heavy atom. The number of aromatic nitrogens is 2. The van der Waals surface area contributed by atoms with E-state index < -0.39 is 5.97 Å². The average molecular weight is 307 g/mol. The Morgan fingerprint density at radius 3 is 3.00 bits per heavy atom. The van der Waals surface area contributed by atoms with E-state index in [1.807, 2.05) is 0 Å². The fourth-order valence-corrected chi connectivity index (χ4v) is 2.84. The Balaban J connectivity index is 1.69. The second kappa shape index (κ2) is 5.77. The monoisotopic (exact) mass is 307 g/mol. The first-order valence-corrected chi connectivity index (χ1v) is 7.43. The Labute approximate surface area is 125 Å². The molecule has 0 bridgehead atoms. The summed E-state index contributed by atoms with van der Waals surface area (Å²) in [5.41, 5.74) is 0.715. The number of carbonyl (C=O) groups is 1. The van der Waals surface area contributed by atoms with E-state index >= 15 is 0 Å². The minimum absolute atomic E-state index is 0.246. The van der Waals surface area contributed by atoms with Crippen LogP contribution in [-0.2, 0) is 11.3 Å². The molecule has 0 saturated heterocycles. The van der Waals surface area contributed by atoms with Gasteiger partial charge in [-0.15, -0.1) is 10.2 Å². The van der Waals surface area contributed by atoms with Gasteiger partial charge in [-0.1, -0.05) is 11.3 Å². The molecule has 0 aliphatic heterocycles. The lowest BCUT2D eigenvalue weighted by molar-refractivity contribution is 0.0600. The van der Waals surface area contributed by atoms with Crippen molar-refractivity contribution in [2.75, 3.05) is 12.4 Å². The molecule has 1 saturated carbocycles. The Hall–Kier alpha value is -2.02. The van der Waals surface area contributed by atoms with Crippen LogP contribution in [0.4, 0.5) is 9.52 Å². The smallest absolute Gasteiger partial charge is 0.337 e. The van der Waals surface area contributed by atoms with Crippen molar-refractivity contribution in [2.24, 2.45) is 0 Å². The van der Waals surface area contributed by atoms with Gasteiger partial charge in [-0.3, -0.25) is 0 Å². The summed E-state index contributed by atoms with van der Waals surface area (Å²) in [6.07, 6.45) is 2.34. The molecule has 1 N–H and O–H groups in total. The van der Waals surface area contributed by atoms with Crippen LogP contribution in [-0.4, -0.2) is 23.3 Å². The molecule has 5 nitrogen and oxygen atoms in total. The van der Waals surface area contributed by atoms with Crippen LogP contribution in [0.5, 0.6) is 0 Å². The first-order chi connectivity index (χ1) is 10.2. The van der Waals surface area contributed by atoms with Crippen molar-refractivity contribution in [3.8, 4) is 0 Å². The molecule has 0 atom stereocenters. The third-order valence-corrected chi connectivity index (χ3v) is 4.31. The topological polar surface area (TPSA) is 64.1 Å². The number of ether oxygens (including phenoxy) is 1. The van der Waals surface area contributed by atoms with Gasteiger partial charge < -0.3 is 10.1 Å². The molecular formula is C14H14FN3O2S. The minimum Gasteiger partial charge on any atom is -0.465 e. The van der Waals surface area contributed by atoms with E-state index in [2.05, 4.69) is 20.3 Å². The fraction of sp³-hybridized carbons (Fsp3) is 0.357. The highest BCUT2D eigenvalue weighted by Crippen LogP contribution is 2.42. The van der Waals surface area contributed by atoms with E-state index in [4.69, 9.17) is 0 Å². The van der Waals surface area contributed by atoms with Gasteiger partial charge in [-0.05, 0) is 31.0 Å². The van der Waals surface area contributed by atoms with E-state index in [0.717, 1.165) is 5.01 Å². The lowest BCUT2D eigenvalue weighted by Crippen LogP contribution is -2.06. The first-order valence-electron chi connectivity index (χ1n) is 6.61. The molecule has 3 rings (SSSR count). The quantitative estimate of drug-likeness (QED) is 0.860. The summed E-state index contributed by atoms with van der Waals surface area (Å²) < 4.78 is 18.4. The van der Waals surface area contributed by atoms with Gasteiger partial charge in [0.25, 0.3) is 0 Å². The number of hydrogen-bond donors (Lipinski definition) is 1. The van der Waals surface area contributed by atoms with Crippen molar-refractivity contribution in [3.05, 3.63) is 40.2 Å². The molecule has 1 aliphatic rings. The van der Waals surface area contributed by atoms with Crippen LogP contribution in [0.15, 0.2) is 18.2 Å². The summed E-state index contributed by atoms with van der Waals surface area (Å²) in [5, 5.41) is 12.9. The maximum Gasteiger partial charge on any atom is 0.337 e. The number of carbonyl (C=O) groups excluding carboxylic acids is 1. The molecule has 1 aliphatic carbocycles. The van der Waals surface area contributed by atoms with Crippen molar-refractivity contribution in [2.45, 2.75) is 25.3 Å². The summed E-state index contributed by atoms with van der Waals surface area (Å²) in [7, 11) is 1.30. The van der Waals surface area contributed by atoms with Crippen molar-refractivity contribution < 1.29 is 13.9 Å². The van der Waals surface area contributed by atoms with Crippen molar-refractivity contribution in [1.29, 1.82) is 0 Å². The third-order valence-electron chi connectivity index (χ3n) is 3.26. The van der Waals surface area contributed by atoms with E-state index in [-0.39, 0.29) is 12.4 Å². The van der Waals surface area contributed by atoms with Crippen LogP contribution in [0.25, 0.3) is 0 Å². The van der Waals surface area contributed by atoms with Crippen LogP contribution in [0.2, 0.25) is 0 Å². The molecule has 0 unspecified atom stereocenters. The van der Waals surface area contributed by atoms with Gasteiger partial charge in [0.2, 0.25) is 5.13 Å². The largest absolute Gasteiger partial charge is 0.465 e. The molecule has 2 aromatic rings. The number of rotatable bonds is 5. The number of hydrogen-bond acceptors (Lipinski definition) is 6. The minimum atomic E-state index is -0.483. The summed E-state index contributed by atoms with van der Waals surface area (Å²) in [6, 6.07) is 4.15. The number of anilines is 1. The maximum atomic E-state index is 13.8. The molecule has 110 valence electrons. The Morgan fingerprint density at radius 2 is 2.29 bits per heavy atom. The zero-order valence-electron chi connectivity index (χ0n) is 11.4. The Kier molecular flexibility index (Phi) is 3.83. The van der Waals surface area contributed by atoms with Gasteiger partial charge in [-0.25, -0.2) is 9.18 Å². The molecule has 1 aromatic carbocycles. The summed E-state index contributed by atoms with van der Waals surface area (Å²) >= 11 is 1.50. The summed E-state index contributed by atoms with van der Waals surface area (Å²) in [5.74, 6) is -0.303. The number of nitrogens with one attached hydrogen (secondary N) is 1. The predicted molar refractivity (Wildman–Crippen MR) is 77.0 cm³/mol. The lowest BCUT2D eigenvalue weighted by Gasteiger charge is -2.06. The molecule has 1 heterocycles. The van der Waals surface area contributed by atoms with Gasteiger partial charge in [0.1, 0.15) is 10.8 Å². The highest BCUT2D eigenvalue weighted by atomic mass is 32.1. The van der Waals surface area contributed by atoms with E-state index in [9.17, 15) is 9.18 Å². The highest BCUT2D eigenvalue weighted by Gasteiger charge is 2.27. The number of nitrogens with zero attached hydrogens (tertiary/aromatic N) is 2. The molecule has 1 aromatic heterocycles. The van der Waals surface area contributed by atoms with Crippen LogP contribution >= 0.6 is 11.3 Å². The van der Waals surface area contributed by atoms with Gasteiger partial charge in [-0.2, -0.15) is 0 Å². The summed E-state index contributed by atoms with van der Waals surface area (Å²) in [6.45, 7) is 0.246. The molecule has 0 spiro atoms. The van der Waals surface area contributed by atoms with Gasteiger partial charge in [0.15, 0.2) is 0 Å². The second-order valence-corrected chi connectivity index (χ2v) is 5.88. The van der Waals surface area contributed by atoms with Crippen LogP contribution in [0, 0.1) is 5.82 Å². The van der Waals surface area contributed by atoms with Gasteiger partial charge in [0.05, 0.1) is 12.7 Å². The SMILES string of the molecule is COC(=O)c1ccc(F)c(CNc2nnc(C3CC3)s2)c1. The zero-order valence-corrected chi connectivity index (χ0v) is 12.2.